The molecule has 0 N–H and O–H groups in total. The molecule has 0 saturated carbocycles. The lowest BCUT2D eigenvalue weighted by Crippen LogP contribution is -2.39. The summed E-state index contributed by atoms with van der Waals surface area (Å²) in [6, 6.07) is 14.2. The standard InChI is InChI=1S/C29H25ClN4O6S/c1-5-39-28(36)25-16(2)31-29-33(26(25)17-6-8-18(9-7-17)32(3)4)27(35)24(41-29)15-20-11-13-23(40-20)21-14-19(34(37)38)10-12-22(21)30/h6-15,26H,5H2,1-4H3/b24-15+/t26-/m0/s1. The first-order chi connectivity index (χ1) is 19.6. The van der Waals surface area contributed by atoms with Gasteiger partial charge in [0.25, 0.3) is 11.2 Å². The highest BCUT2D eigenvalue weighted by molar-refractivity contribution is 7.07. The van der Waals surface area contributed by atoms with Gasteiger partial charge in [-0.2, -0.15) is 0 Å². The van der Waals surface area contributed by atoms with Crippen molar-refractivity contribution in [3.8, 4) is 11.3 Å². The van der Waals surface area contributed by atoms with Crippen molar-refractivity contribution >= 4 is 46.4 Å². The Hall–Kier alpha value is -4.48. The van der Waals surface area contributed by atoms with E-state index in [4.69, 9.17) is 20.8 Å². The van der Waals surface area contributed by atoms with E-state index in [1.165, 1.54) is 34.1 Å². The number of benzene rings is 2. The van der Waals surface area contributed by atoms with Crippen LogP contribution in [0.5, 0.6) is 0 Å². The number of aromatic nitrogens is 1. The van der Waals surface area contributed by atoms with Gasteiger partial charge in [0.2, 0.25) is 0 Å². The predicted octanol–water partition coefficient (Wildman–Crippen LogP) is 4.69. The molecule has 0 fully saturated rings. The Balaban J connectivity index is 1.62. The summed E-state index contributed by atoms with van der Waals surface area (Å²) in [5, 5.41) is 11.5. The first kappa shape index (κ1) is 28.1. The number of carbonyl (C=O) groups is 1. The number of thiazole rings is 1. The van der Waals surface area contributed by atoms with E-state index in [2.05, 4.69) is 4.99 Å². The maximum atomic E-state index is 13.8. The molecule has 3 heterocycles. The summed E-state index contributed by atoms with van der Waals surface area (Å²) in [5.41, 5.74) is 2.36. The number of hydrogen-bond acceptors (Lipinski definition) is 9. The number of carbonyl (C=O) groups excluding carboxylic acids is 1. The lowest BCUT2D eigenvalue weighted by Gasteiger charge is -2.25. The van der Waals surface area contributed by atoms with Gasteiger partial charge >= 0.3 is 5.97 Å². The monoisotopic (exact) mass is 592 g/mol. The SMILES string of the molecule is CCOC(=O)C1=C(C)N=c2s/c(=C/c3ccc(-c4cc([N+](=O)[O-])ccc4Cl)o3)c(=O)n2[C@H]1c1ccc(N(C)C)cc1. The summed E-state index contributed by atoms with van der Waals surface area (Å²) in [6.07, 6.45) is 1.58. The highest BCUT2D eigenvalue weighted by Crippen LogP contribution is 2.33. The summed E-state index contributed by atoms with van der Waals surface area (Å²) < 4.78 is 13.1. The topological polar surface area (TPSA) is 120 Å². The van der Waals surface area contributed by atoms with Crippen molar-refractivity contribution in [2.45, 2.75) is 19.9 Å². The smallest absolute Gasteiger partial charge is 0.338 e. The molecule has 0 bridgehead atoms. The summed E-state index contributed by atoms with van der Waals surface area (Å²) in [7, 11) is 3.86. The van der Waals surface area contributed by atoms with Crippen molar-refractivity contribution in [1.82, 2.24) is 4.57 Å². The van der Waals surface area contributed by atoms with Crippen LogP contribution < -0.4 is 19.8 Å². The Morgan fingerprint density at radius 1 is 1.22 bits per heavy atom. The number of hydrogen-bond donors (Lipinski definition) is 0. The minimum absolute atomic E-state index is 0.123. The van der Waals surface area contributed by atoms with Crippen molar-refractivity contribution in [2.24, 2.45) is 4.99 Å². The van der Waals surface area contributed by atoms with Crippen molar-refractivity contribution in [3.05, 3.63) is 112 Å². The molecule has 41 heavy (non-hydrogen) atoms. The molecule has 0 spiro atoms. The van der Waals surface area contributed by atoms with E-state index in [0.29, 0.717) is 37.7 Å². The molecular weight excluding hydrogens is 568 g/mol. The van der Waals surface area contributed by atoms with Crippen molar-refractivity contribution in [3.63, 3.8) is 0 Å². The minimum atomic E-state index is -0.737. The fourth-order valence-corrected chi connectivity index (χ4v) is 5.82. The van der Waals surface area contributed by atoms with Gasteiger partial charge in [-0.05, 0) is 49.7 Å². The van der Waals surface area contributed by atoms with Crippen LogP contribution in [0, 0.1) is 10.1 Å². The molecule has 1 aliphatic rings. The molecule has 1 atom stereocenters. The summed E-state index contributed by atoms with van der Waals surface area (Å²) in [6.45, 7) is 3.64. The summed E-state index contributed by atoms with van der Waals surface area (Å²) in [4.78, 5) is 44.6. The number of esters is 1. The van der Waals surface area contributed by atoms with Gasteiger partial charge in [0.1, 0.15) is 11.5 Å². The molecule has 210 valence electrons. The second kappa shape index (κ2) is 11.2. The molecule has 0 saturated heterocycles. The van der Waals surface area contributed by atoms with E-state index >= 15 is 0 Å². The molecule has 0 amide bonds. The third-order valence-corrected chi connectivity index (χ3v) is 7.88. The maximum Gasteiger partial charge on any atom is 0.338 e. The molecular formula is C29H25ClN4O6S. The van der Waals surface area contributed by atoms with Crippen molar-refractivity contribution in [1.29, 1.82) is 0 Å². The quantitative estimate of drug-likeness (QED) is 0.173. The van der Waals surface area contributed by atoms with E-state index in [-0.39, 0.29) is 22.9 Å². The van der Waals surface area contributed by atoms with Crippen LogP contribution in [-0.2, 0) is 9.53 Å². The zero-order valence-corrected chi connectivity index (χ0v) is 24.2. The molecule has 0 aliphatic carbocycles. The highest BCUT2D eigenvalue weighted by atomic mass is 35.5. The third kappa shape index (κ3) is 5.33. The Kier molecular flexibility index (Phi) is 7.65. The normalized spacial score (nSPS) is 15.0. The molecule has 12 heteroatoms. The maximum absolute atomic E-state index is 13.8. The number of ether oxygens (including phenoxy) is 1. The average molecular weight is 593 g/mol. The zero-order chi connectivity index (χ0) is 29.4. The van der Waals surface area contributed by atoms with Gasteiger partial charge in [0, 0.05) is 43.6 Å². The molecule has 0 radical (unpaired) electrons. The van der Waals surface area contributed by atoms with Crippen molar-refractivity contribution in [2.75, 3.05) is 25.6 Å². The lowest BCUT2D eigenvalue weighted by molar-refractivity contribution is -0.384. The average Bonchev–Trinajstić information content (AvgIpc) is 3.52. The first-order valence-electron chi connectivity index (χ1n) is 12.6. The number of nitrogens with zero attached hydrogens (tertiary/aromatic N) is 4. The van der Waals surface area contributed by atoms with Crippen LogP contribution in [0.4, 0.5) is 11.4 Å². The first-order valence-corrected chi connectivity index (χ1v) is 13.8. The second-order valence-electron chi connectivity index (χ2n) is 9.41. The fraction of sp³-hybridized carbons (Fsp3) is 0.207. The molecule has 2 aromatic carbocycles. The van der Waals surface area contributed by atoms with Gasteiger partial charge in [-0.15, -0.1) is 0 Å². The van der Waals surface area contributed by atoms with Gasteiger partial charge in [-0.3, -0.25) is 19.5 Å². The van der Waals surface area contributed by atoms with Crippen LogP contribution in [0.2, 0.25) is 5.02 Å². The van der Waals surface area contributed by atoms with E-state index in [0.717, 1.165) is 11.3 Å². The second-order valence-corrected chi connectivity index (χ2v) is 10.8. The molecule has 2 aromatic heterocycles. The predicted molar refractivity (Wildman–Crippen MR) is 157 cm³/mol. The van der Waals surface area contributed by atoms with Crippen LogP contribution in [0.25, 0.3) is 17.4 Å². The minimum Gasteiger partial charge on any atom is -0.463 e. The molecule has 10 nitrogen and oxygen atoms in total. The Bertz CT molecular complexity index is 1880. The highest BCUT2D eigenvalue weighted by Gasteiger charge is 2.33. The van der Waals surface area contributed by atoms with E-state index in [1.54, 1.807) is 32.1 Å². The molecule has 5 rings (SSSR count). The number of fused-ring (bicyclic) bond motifs is 1. The fourth-order valence-electron chi connectivity index (χ4n) is 4.58. The van der Waals surface area contributed by atoms with Crippen LogP contribution in [0.3, 0.4) is 0 Å². The summed E-state index contributed by atoms with van der Waals surface area (Å²) >= 11 is 7.44. The number of nitro groups is 1. The number of non-ortho nitro benzene ring substituents is 1. The Morgan fingerprint density at radius 2 is 1.95 bits per heavy atom. The van der Waals surface area contributed by atoms with Crippen LogP contribution in [0.15, 0.2) is 80.1 Å². The Labute approximate surface area is 243 Å². The van der Waals surface area contributed by atoms with Gasteiger partial charge in [0.05, 0.1) is 38.4 Å². The zero-order valence-electron chi connectivity index (χ0n) is 22.6. The number of rotatable bonds is 7. The number of allylic oxidation sites excluding steroid dienone is 1. The van der Waals surface area contributed by atoms with E-state index in [9.17, 15) is 19.7 Å². The lowest BCUT2D eigenvalue weighted by atomic mass is 9.95. The Morgan fingerprint density at radius 3 is 2.61 bits per heavy atom. The number of nitro benzene ring substituents is 1. The summed E-state index contributed by atoms with van der Waals surface area (Å²) in [5.74, 6) is 0.132. The number of halogens is 1. The van der Waals surface area contributed by atoms with Crippen LogP contribution in [-0.4, -0.2) is 36.2 Å². The molecule has 1 aliphatic heterocycles. The van der Waals surface area contributed by atoms with Gasteiger partial charge < -0.3 is 14.1 Å². The van der Waals surface area contributed by atoms with E-state index < -0.39 is 16.9 Å². The van der Waals surface area contributed by atoms with Gasteiger partial charge in [-0.25, -0.2) is 9.79 Å². The van der Waals surface area contributed by atoms with Gasteiger partial charge in [-0.1, -0.05) is 35.1 Å². The third-order valence-electron chi connectivity index (χ3n) is 6.57. The van der Waals surface area contributed by atoms with E-state index in [1.807, 2.05) is 43.3 Å². The molecule has 0 unspecified atom stereocenters. The van der Waals surface area contributed by atoms with Crippen LogP contribution >= 0.6 is 22.9 Å². The largest absolute Gasteiger partial charge is 0.463 e. The number of furan rings is 1. The molecule has 4 aromatic rings. The van der Waals surface area contributed by atoms with Crippen molar-refractivity contribution < 1.29 is 18.9 Å². The number of anilines is 1. The van der Waals surface area contributed by atoms with Gasteiger partial charge in [0.15, 0.2) is 4.80 Å². The van der Waals surface area contributed by atoms with Crippen LogP contribution in [0.1, 0.15) is 31.2 Å².